The fourth-order valence-electron chi connectivity index (χ4n) is 2.07. The molecule has 2 aromatic rings. The highest BCUT2D eigenvalue weighted by molar-refractivity contribution is 6.31. The topological polar surface area (TPSA) is 42.2 Å². The molecule has 19 heavy (non-hydrogen) atoms. The van der Waals surface area contributed by atoms with E-state index in [1.165, 1.54) is 0 Å². The predicted molar refractivity (Wildman–Crippen MR) is 80.0 cm³/mol. The van der Waals surface area contributed by atoms with Gasteiger partial charge in [0.1, 0.15) is 5.82 Å². The van der Waals surface area contributed by atoms with Gasteiger partial charge in [0.05, 0.1) is 0 Å². The highest BCUT2D eigenvalue weighted by atomic mass is 35.5. The normalized spacial score (nSPS) is 12.6. The van der Waals surface area contributed by atoms with Gasteiger partial charge in [0.15, 0.2) is 0 Å². The van der Waals surface area contributed by atoms with Crippen LogP contribution in [-0.4, -0.2) is 16.9 Å². The Bertz CT molecular complexity index is 557. The molecule has 0 spiro atoms. The van der Waals surface area contributed by atoms with Crippen molar-refractivity contribution in [2.45, 2.75) is 19.5 Å². The van der Waals surface area contributed by atoms with Crippen LogP contribution in [0.2, 0.25) is 5.02 Å². The highest BCUT2D eigenvalue weighted by Crippen LogP contribution is 2.27. The molecule has 2 rings (SSSR count). The number of pyridine rings is 1. The zero-order valence-corrected chi connectivity index (χ0v) is 11.9. The molecule has 100 valence electrons. The van der Waals surface area contributed by atoms with Gasteiger partial charge >= 0.3 is 0 Å². The van der Waals surface area contributed by atoms with Gasteiger partial charge in [0, 0.05) is 23.8 Å². The summed E-state index contributed by atoms with van der Waals surface area (Å²) < 4.78 is 0. The number of rotatable bonds is 4. The molecule has 1 heterocycles. The van der Waals surface area contributed by atoms with Crippen LogP contribution in [-0.2, 0) is 6.54 Å². The van der Waals surface area contributed by atoms with E-state index in [9.17, 15) is 0 Å². The van der Waals surface area contributed by atoms with Gasteiger partial charge in [0.25, 0.3) is 0 Å². The molecule has 1 unspecified atom stereocenters. The molecule has 0 aliphatic heterocycles. The van der Waals surface area contributed by atoms with E-state index < -0.39 is 0 Å². The molecular weight excluding hydrogens is 258 g/mol. The smallest absolute Gasteiger partial charge is 0.123 e. The number of nitrogens with two attached hydrogens (primary N) is 1. The van der Waals surface area contributed by atoms with Gasteiger partial charge in [-0.15, -0.1) is 0 Å². The Kier molecular flexibility index (Phi) is 4.40. The van der Waals surface area contributed by atoms with Crippen LogP contribution < -0.4 is 5.73 Å². The Hall–Kier alpha value is -1.58. The zero-order valence-electron chi connectivity index (χ0n) is 11.2. The van der Waals surface area contributed by atoms with E-state index in [2.05, 4.69) is 29.9 Å². The molecule has 3 nitrogen and oxygen atoms in total. The largest absolute Gasteiger partial charge is 0.384 e. The van der Waals surface area contributed by atoms with Crippen molar-refractivity contribution >= 4 is 17.4 Å². The highest BCUT2D eigenvalue weighted by Gasteiger charge is 2.14. The van der Waals surface area contributed by atoms with E-state index in [0.717, 1.165) is 22.7 Å². The first kappa shape index (κ1) is 13.8. The van der Waals surface area contributed by atoms with Crippen molar-refractivity contribution in [3.8, 4) is 0 Å². The lowest BCUT2D eigenvalue weighted by atomic mass is 10.1. The first-order valence-corrected chi connectivity index (χ1v) is 6.61. The number of benzene rings is 1. The molecule has 2 N–H and O–H groups in total. The molecule has 0 saturated carbocycles. The number of hydrogen-bond acceptors (Lipinski definition) is 3. The van der Waals surface area contributed by atoms with E-state index in [4.69, 9.17) is 17.3 Å². The van der Waals surface area contributed by atoms with E-state index in [0.29, 0.717) is 5.82 Å². The van der Waals surface area contributed by atoms with E-state index >= 15 is 0 Å². The predicted octanol–water partition coefficient (Wildman–Crippen LogP) is 3.51. The average Bonchev–Trinajstić information content (AvgIpc) is 2.38. The lowest BCUT2D eigenvalue weighted by molar-refractivity contribution is 0.253. The summed E-state index contributed by atoms with van der Waals surface area (Å²) in [5.41, 5.74) is 7.98. The second kappa shape index (κ2) is 6.04. The minimum Gasteiger partial charge on any atom is -0.384 e. The van der Waals surface area contributed by atoms with Crippen LogP contribution in [0, 0.1) is 0 Å². The summed E-state index contributed by atoms with van der Waals surface area (Å²) in [6.45, 7) is 2.95. The molecule has 1 atom stereocenters. The Morgan fingerprint density at radius 1 is 1.32 bits per heavy atom. The molecule has 0 bridgehead atoms. The first-order chi connectivity index (χ1) is 9.08. The molecule has 1 aromatic heterocycles. The van der Waals surface area contributed by atoms with Gasteiger partial charge in [-0.25, -0.2) is 4.98 Å². The molecule has 4 heteroatoms. The summed E-state index contributed by atoms with van der Waals surface area (Å²) in [7, 11) is 2.07. The Labute approximate surface area is 119 Å². The monoisotopic (exact) mass is 275 g/mol. The van der Waals surface area contributed by atoms with Crippen molar-refractivity contribution in [2.75, 3.05) is 12.8 Å². The summed E-state index contributed by atoms with van der Waals surface area (Å²) in [6.07, 6.45) is 1.73. The second-order valence-electron chi connectivity index (χ2n) is 4.70. The van der Waals surface area contributed by atoms with Gasteiger partial charge in [-0.3, -0.25) is 4.90 Å². The summed E-state index contributed by atoms with van der Waals surface area (Å²) in [5.74, 6) is 0.552. The number of halogens is 1. The molecule has 0 radical (unpaired) electrons. The number of aromatic nitrogens is 1. The van der Waals surface area contributed by atoms with Gasteiger partial charge in [-0.2, -0.15) is 0 Å². The fraction of sp³-hybridized carbons (Fsp3) is 0.267. The SMILES string of the molecule is CC(c1ccccc1Cl)N(C)Cc1ccnc(N)c1. The summed E-state index contributed by atoms with van der Waals surface area (Å²) >= 11 is 6.23. The van der Waals surface area contributed by atoms with Gasteiger partial charge in [0.2, 0.25) is 0 Å². The average molecular weight is 276 g/mol. The molecule has 0 aliphatic rings. The molecule has 0 saturated heterocycles. The summed E-state index contributed by atoms with van der Waals surface area (Å²) in [4.78, 5) is 6.23. The number of hydrogen-bond donors (Lipinski definition) is 1. The van der Waals surface area contributed by atoms with Crippen molar-refractivity contribution in [2.24, 2.45) is 0 Å². The minimum atomic E-state index is 0.239. The lowest BCUT2D eigenvalue weighted by Gasteiger charge is -2.26. The van der Waals surface area contributed by atoms with Gasteiger partial charge in [-0.05, 0) is 43.3 Å². The van der Waals surface area contributed by atoms with Crippen molar-refractivity contribution in [1.29, 1.82) is 0 Å². The van der Waals surface area contributed by atoms with Gasteiger partial charge < -0.3 is 5.73 Å². The second-order valence-corrected chi connectivity index (χ2v) is 5.11. The van der Waals surface area contributed by atoms with Crippen LogP contribution in [0.4, 0.5) is 5.82 Å². The Balaban J connectivity index is 2.12. The third-order valence-electron chi connectivity index (χ3n) is 3.29. The van der Waals surface area contributed by atoms with Crippen LogP contribution in [0.15, 0.2) is 42.6 Å². The molecule has 1 aromatic carbocycles. The molecule has 0 fully saturated rings. The molecular formula is C15H18ClN3. The van der Waals surface area contributed by atoms with Crippen molar-refractivity contribution in [1.82, 2.24) is 9.88 Å². The maximum atomic E-state index is 6.23. The maximum Gasteiger partial charge on any atom is 0.123 e. The van der Waals surface area contributed by atoms with Crippen LogP contribution in [0.5, 0.6) is 0 Å². The lowest BCUT2D eigenvalue weighted by Crippen LogP contribution is -2.22. The zero-order chi connectivity index (χ0) is 13.8. The van der Waals surface area contributed by atoms with Crippen LogP contribution >= 0.6 is 11.6 Å². The van der Waals surface area contributed by atoms with Crippen LogP contribution in [0.25, 0.3) is 0 Å². The number of anilines is 1. The summed E-state index contributed by atoms with van der Waals surface area (Å²) in [6, 6.07) is 12.1. The molecule has 0 amide bonds. The van der Waals surface area contributed by atoms with E-state index in [1.54, 1.807) is 6.20 Å². The van der Waals surface area contributed by atoms with Crippen molar-refractivity contribution in [3.05, 3.63) is 58.7 Å². The quantitative estimate of drug-likeness (QED) is 0.928. The maximum absolute atomic E-state index is 6.23. The minimum absolute atomic E-state index is 0.239. The number of nitrogens with zero attached hydrogens (tertiary/aromatic N) is 2. The van der Waals surface area contributed by atoms with E-state index in [1.807, 2.05) is 30.3 Å². The van der Waals surface area contributed by atoms with Crippen LogP contribution in [0.3, 0.4) is 0 Å². The van der Waals surface area contributed by atoms with E-state index in [-0.39, 0.29) is 6.04 Å². The summed E-state index contributed by atoms with van der Waals surface area (Å²) in [5, 5.41) is 0.802. The third-order valence-corrected chi connectivity index (χ3v) is 3.64. The van der Waals surface area contributed by atoms with Gasteiger partial charge in [-0.1, -0.05) is 29.8 Å². The molecule has 0 aliphatic carbocycles. The standard InChI is InChI=1S/C15H18ClN3/c1-11(13-5-3-4-6-14(13)16)19(2)10-12-7-8-18-15(17)9-12/h3-9,11H,10H2,1-2H3,(H2,17,18). The third kappa shape index (κ3) is 3.46. The fourth-order valence-corrected chi connectivity index (χ4v) is 2.36. The van der Waals surface area contributed by atoms with Crippen molar-refractivity contribution < 1.29 is 0 Å². The van der Waals surface area contributed by atoms with Crippen molar-refractivity contribution in [3.63, 3.8) is 0 Å². The number of nitrogen functional groups attached to an aromatic ring is 1. The first-order valence-electron chi connectivity index (χ1n) is 6.23. The Morgan fingerprint density at radius 2 is 2.05 bits per heavy atom. The Morgan fingerprint density at radius 3 is 2.74 bits per heavy atom. The van der Waals surface area contributed by atoms with Crippen LogP contribution in [0.1, 0.15) is 24.1 Å².